The minimum Gasteiger partial charge on any atom is -0.486 e. The fourth-order valence-electron chi connectivity index (χ4n) is 4.98. The van der Waals surface area contributed by atoms with Crippen LogP contribution in [0.5, 0.6) is 0 Å². The maximum Gasteiger partial charge on any atom is 0.216 e. The molecular weight excluding hydrogens is 709 g/mol. The molecule has 1 radical (unpaired) electrons. The van der Waals surface area contributed by atoms with Gasteiger partial charge in [-0.25, -0.2) is 4.98 Å². The van der Waals surface area contributed by atoms with Gasteiger partial charge in [-0.05, 0) is 71.9 Å². The molecule has 5 nitrogen and oxygen atoms in total. The van der Waals surface area contributed by atoms with E-state index in [1.165, 1.54) is 0 Å². The second kappa shape index (κ2) is 12.5. The predicted molar refractivity (Wildman–Crippen MR) is 168 cm³/mol. The van der Waals surface area contributed by atoms with Crippen molar-refractivity contribution < 1.29 is 24.5 Å². The molecule has 0 spiro atoms. The number of aromatic nitrogens is 4. The van der Waals surface area contributed by atoms with Crippen molar-refractivity contribution in [2.24, 2.45) is 0 Å². The Morgan fingerprint density at radius 2 is 1.49 bits per heavy atom. The molecule has 0 saturated carbocycles. The molecule has 8 rings (SSSR count). The second-order valence-corrected chi connectivity index (χ2v) is 9.83. The smallest absolute Gasteiger partial charge is 0.216 e. The summed E-state index contributed by atoms with van der Waals surface area (Å²) >= 11 is 0. The van der Waals surface area contributed by atoms with Gasteiger partial charge in [-0.2, -0.15) is 0 Å². The summed E-state index contributed by atoms with van der Waals surface area (Å²) < 4.78 is 6.13. The first-order valence-electron chi connectivity index (χ1n) is 13.6. The zero-order chi connectivity index (χ0) is 28.3. The molecule has 0 aliphatic rings. The number of pyridine rings is 4. The second-order valence-electron chi connectivity index (χ2n) is 9.83. The molecular formula is C37H24IrN4O-2. The predicted octanol–water partition coefficient (Wildman–Crippen LogP) is 8.91. The van der Waals surface area contributed by atoms with E-state index >= 15 is 0 Å². The summed E-state index contributed by atoms with van der Waals surface area (Å²) in [6.45, 7) is 1.96. The molecule has 0 saturated heterocycles. The number of benzene rings is 3. The average Bonchev–Trinajstić information content (AvgIpc) is 3.43. The number of aryl methyl sites for hydroxylation is 1. The van der Waals surface area contributed by atoms with Crippen LogP contribution in [-0.4, -0.2) is 19.9 Å². The van der Waals surface area contributed by atoms with E-state index in [0.29, 0.717) is 5.71 Å². The first kappa shape index (κ1) is 28.1. The summed E-state index contributed by atoms with van der Waals surface area (Å²) in [5, 5.41) is 3.14. The Balaban J connectivity index is 0.000000213. The quantitative estimate of drug-likeness (QED) is 0.170. The summed E-state index contributed by atoms with van der Waals surface area (Å²) in [7, 11) is 0. The number of hydrogen-bond acceptors (Lipinski definition) is 5. The van der Waals surface area contributed by atoms with Crippen molar-refractivity contribution in [3.05, 3.63) is 146 Å². The van der Waals surface area contributed by atoms with E-state index < -0.39 is 0 Å². The number of nitrogens with zero attached hydrogens (tertiary/aromatic N) is 4. The van der Waals surface area contributed by atoms with Crippen molar-refractivity contribution >= 4 is 33.0 Å². The standard InChI is InChI=1S/C26H16N3O.C11H8N.Ir/c1-16-7-9-21-20-5-2-6-22(25(20)30-26(21)29-16)24-15-18(11-13-28-24)17-8-10-23-19(14-17)4-3-12-27-23;1-2-6-10(7-3-1)11-8-4-5-9-12-11;/h2-5,7-15H,1H3;1-6,8-9H;/q2*-1;. The molecule has 0 unspecified atom stereocenters. The summed E-state index contributed by atoms with van der Waals surface area (Å²) in [5.41, 5.74) is 9.19. The Bertz CT molecular complexity index is 2120. The molecule has 0 bridgehead atoms. The van der Waals surface area contributed by atoms with Gasteiger partial charge in [0.2, 0.25) is 5.71 Å². The Morgan fingerprint density at radius 3 is 2.35 bits per heavy atom. The van der Waals surface area contributed by atoms with Crippen LogP contribution in [0, 0.1) is 19.1 Å². The zero-order valence-electron chi connectivity index (χ0n) is 23.2. The first-order valence-corrected chi connectivity index (χ1v) is 13.6. The Labute approximate surface area is 262 Å². The van der Waals surface area contributed by atoms with Crippen LogP contribution in [0.4, 0.5) is 0 Å². The molecule has 0 fully saturated rings. The molecule has 0 N–H and O–H groups in total. The maximum absolute atomic E-state index is 6.13. The number of hydrogen-bond donors (Lipinski definition) is 0. The van der Waals surface area contributed by atoms with Gasteiger partial charge in [0.1, 0.15) is 0 Å². The molecule has 6 heteroatoms. The summed E-state index contributed by atoms with van der Waals surface area (Å²) in [5.74, 6) is 0. The van der Waals surface area contributed by atoms with Gasteiger partial charge in [0, 0.05) is 55.2 Å². The van der Waals surface area contributed by atoms with Crippen LogP contribution in [0.1, 0.15) is 5.69 Å². The third-order valence-corrected chi connectivity index (χ3v) is 7.04. The summed E-state index contributed by atoms with van der Waals surface area (Å²) in [6.07, 6.45) is 5.43. The van der Waals surface area contributed by atoms with Crippen molar-refractivity contribution in [1.29, 1.82) is 0 Å². The Kier molecular flexibility index (Phi) is 8.14. The van der Waals surface area contributed by atoms with Gasteiger partial charge in [0.15, 0.2) is 0 Å². The zero-order valence-corrected chi connectivity index (χ0v) is 25.5. The molecule has 3 aromatic carbocycles. The van der Waals surface area contributed by atoms with Gasteiger partial charge >= 0.3 is 0 Å². The van der Waals surface area contributed by atoms with Crippen LogP contribution >= 0.6 is 0 Å². The monoisotopic (exact) mass is 733 g/mol. The van der Waals surface area contributed by atoms with Crippen LogP contribution < -0.4 is 0 Å². The first-order chi connectivity index (χ1) is 20.7. The minimum atomic E-state index is 0. The van der Waals surface area contributed by atoms with Crippen molar-refractivity contribution in [3.63, 3.8) is 0 Å². The average molecular weight is 733 g/mol. The number of rotatable bonds is 3. The van der Waals surface area contributed by atoms with Gasteiger partial charge in [0.05, 0.1) is 11.1 Å². The number of furan rings is 1. The molecule has 5 heterocycles. The topological polar surface area (TPSA) is 64.7 Å². The van der Waals surface area contributed by atoms with Gasteiger partial charge in [-0.15, -0.1) is 54.1 Å². The molecule has 0 atom stereocenters. The third-order valence-electron chi connectivity index (χ3n) is 7.04. The van der Waals surface area contributed by atoms with Crippen molar-refractivity contribution in [2.75, 3.05) is 0 Å². The SMILES string of the molecule is Cc1ccc2c(n1)oc1c(-c3cc(-c4ccc5ncccc5c4)ccn3)[c-]ccc12.[Ir].[c-]1ccccc1-c1ccccn1. The van der Waals surface area contributed by atoms with Crippen LogP contribution in [0.25, 0.3) is 66.6 Å². The van der Waals surface area contributed by atoms with E-state index in [4.69, 9.17) is 4.42 Å². The van der Waals surface area contributed by atoms with Gasteiger partial charge in [0.25, 0.3) is 0 Å². The summed E-state index contributed by atoms with van der Waals surface area (Å²) in [6, 6.07) is 42.5. The van der Waals surface area contributed by atoms with Crippen molar-refractivity contribution in [1.82, 2.24) is 19.9 Å². The van der Waals surface area contributed by atoms with Crippen LogP contribution in [0.3, 0.4) is 0 Å². The maximum atomic E-state index is 6.13. The van der Waals surface area contributed by atoms with E-state index in [1.54, 1.807) is 6.20 Å². The molecule has 0 aliphatic heterocycles. The van der Waals surface area contributed by atoms with Crippen molar-refractivity contribution in [3.8, 4) is 33.6 Å². The fourth-order valence-corrected chi connectivity index (χ4v) is 4.98. The molecule has 0 aliphatic carbocycles. The molecule has 0 amide bonds. The van der Waals surface area contributed by atoms with Gasteiger partial charge < -0.3 is 14.4 Å². The Morgan fingerprint density at radius 1 is 0.628 bits per heavy atom. The van der Waals surface area contributed by atoms with Crippen LogP contribution in [-0.2, 0) is 20.1 Å². The van der Waals surface area contributed by atoms with Gasteiger partial charge in [-0.3, -0.25) is 4.98 Å². The fraction of sp³-hybridized carbons (Fsp3) is 0.0270. The third kappa shape index (κ3) is 5.84. The van der Waals surface area contributed by atoms with E-state index in [0.717, 1.165) is 66.6 Å². The number of fused-ring (bicyclic) bond motifs is 4. The van der Waals surface area contributed by atoms with E-state index in [1.807, 2.05) is 98.2 Å². The van der Waals surface area contributed by atoms with Crippen molar-refractivity contribution in [2.45, 2.75) is 6.92 Å². The largest absolute Gasteiger partial charge is 0.486 e. The molecule has 43 heavy (non-hydrogen) atoms. The normalized spacial score (nSPS) is 10.7. The van der Waals surface area contributed by atoms with E-state index in [2.05, 4.69) is 62.4 Å². The molecule has 209 valence electrons. The van der Waals surface area contributed by atoms with Crippen LogP contribution in [0.2, 0.25) is 0 Å². The van der Waals surface area contributed by atoms with E-state index in [9.17, 15) is 0 Å². The molecule has 5 aromatic heterocycles. The van der Waals surface area contributed by atoms with Crippen LogP contribution in [0.15, 0.2) is 132 Å². The van der Waals surface area contributed by atoms with E-state index in [-0.39, 0.29) is 20.1 Å². The molecule has 8 aromatic rings. The Hall–Kier alpha value is -5.03. The minimum absolute atomic E-state index is 0. The summed E-state index contributed by atoms with van der Waals surface area (Å²) in [4.78, 5) is 17.8. The van der Waals surface area contributed by atoms with Gasteiger partial charge in [-0.1, -0.05) is 41.3 Å².